The van der Waals surface area contributed by atoms with Gasteiger partial charge >= 0.3 is 0 Å². The van der Waals surface area contributed by atoms with Crippen LogP contribution in [0.4, 0.5) is 8.78 Å². The number of rotatable bonds is 11. The van der Waals surface area contributed by atoms with Crippen LogP contribution in [0.25, 0.3) is 16.3 Å². The highest BCUT2D eigenvalue weighted by molar-refractivity contribution is 7.80. The van der Waals surface area contributed by atoms with Crippen molar-refractivity contribution in [1.29, 1.82) is 5.26 Å². The minimum Gasteiger partial charge on any atom is -0.404 e. The Hall–Kier alpha value is -4.53. The van der Waals surface area contributed by atoms with E-state index in [1.165, 1.54) is 12.4 Å². The van der Waals surface area contributed by atoms with Crippen LogP contribution in [0, 0.1) is 11.3 Å². The lowest BCUT2D eigenvalue weighted by Crippen LogP contribution is -2.35. The molecule has 0 heterocycles. The molecule has 0 radical (unpaired) electrons. The summed E-state index contributed by atoms with van der Waals surface area (Å²) in [4.78, 5) is 26.5. The standard InChI is InChI=1S/C28H26F2N4O2S.C3H6N2/c29-25(30)16-32-14-21(13-31)20-11-18-5-1-3-7-22(18)24(12-20)28(9-10-28)34-27(37)23-8-4-2-6-19(23)15-33-26(36)17-35;1-5-3-2-4/h1-8,11-14,17,25H,9-10,15-16,31H2,(H,33,36)(H,34,37);5H,3H2,1H3/b21-13+,32-14?;. The zero-order valence-electron chi connectivity index (χ0n) is 23.1. The molecule has 11 heteroatoms. The lowest BCUT2D eigenvalue weighted by Gasteiger charge is -2.24. The Bertz CT molecular complexity index is 1530. The largest absolute Gasteiger partial charge is 0.404 e. The molecule has 0 unspecified atom stereocenters. The van der Waals surface area contributed by atoms with E-state index in [-0.39, 0.29) is 12.8 Å². The highest BCUT2D eigenvalue weighted by Gasteiger charge is 2.46. The molecular formula is C31H32F2N6O2S. The van der Waals surface area contributed by atoms with Crippen LogP contribution in [0.2, 0.25) is 0 Å². The van der Waals surface area contributed by atoms with E-state index in [4.69, 9.17) is 23.2 Å². The number of allylic oxidation sites excluding steroid dienone is 1. The Morgan fingerprint density at radius 3 is 2.52 bits per heavy atom. The number of hydrogen-bond donors (Lipinski definition) is 4. The van der Waals surface area contributed by atoms with Crippen molar-refractivity contribution in [3.63, 3.8) is 0 Å². The molecule has 0 saturated heterocycles. The molecule has 0 aromatic heterocycles. The molecule has 3 aromatic carbocycles. The maximum Gasteiger partial charge on any atom is 0.284 e. The Balaban J connectivity index is 0.000000892. The van der Waals surface area contributed by atoms with Gasteiger partial charge in [-0.3, -0.25) is 14.6 Å². The molecule has 1 amide bonds. The van der Waals surface area contributed by atoms with Gasteiger partial charge in [0.05, 0.1) is 24.7 Å². The minimum atomic E-state index is -2.53. The molecule has 1 aliphatic carbocycles. The molecule has 0 aliphatic heterocycles. The van der Waals surface area contributed by atoms with Crippen molar-refractivity contribution in [2.24, 2.45) is 10.7 Å². The summed E-state index contributed by atoms with van der Waals surface area (Å²) in [6.07, 6.45) is 2.12. The van der Waals surface area contributed by atoms with E-state index in [1.54, 1.807) is 7.05 Å². The maximum absolute atomic E-state index is 12.6. The number of nitrogens with two attached hydrogens (primary N) is 1. The average molecular weight is 591 g/mol. The Labute approximate surface area is 248 Å². The topological polar surface area (TPSA) is 132 Å². The van der Waals surface area contributed by atoms with Crippen molar-refractivity contribution in [2.75, 3.05) is 20.1 Å². The van der Waals surface area contributed by atoms with Crippen LogP contribution >= 0.6 is 12.2 Å². The van der Waals surface area contributed by atoms with E-state index in [0.717, 1.165) is 45.9 Å². The van der Waals surface area contributed by atoms with Crippen LogP contribution in [0.3, 0.4) is 0 Å². The van der Waals surface area contributed by atoms with E-state index in [9.17, 15) is 18.4 Å². The molecule has 1 aliphatic rings. The number of fused-ring (bicyclic) bond motifs is 1. The van der Waals surface area contributed by atoms with Crippen LogP contribution < -0.4 is 21.7 Å². The predicted molar refractivity (Wildman–Crippen MR) is 165 cm³/mol. The van der Waals surface area contributed by atoms with E-state index in [1.807, 2.05) is 66.7 Å². The molecule has 8 nitrogen and oxygen atoms in total. The fourth-order valence-corrected chi connectivity index (χ4v) is 4.78. The molecular weight excluding hydrogens is 558 g/mol. The van der Waals surface area contributed by atoms with E-state index in [2.05, 4.69) is 20.9 Å². The summed E-state index contributed by atoms with van der Waals surface area (Å²) >= 11 is 5.80. The summed E-state index contributed by atoms with van der Waals surface area (Å²) in [6.45, 7) is 0.0217. The molecule has 0 atom stereocenters. The fraction of sp³-hybridized carbons (Fsp3) is 0.258. The predicted octanol–water partition coefficient (Wildman–Crippen LogP) is 3.97. The number of amides is 1. The third-order valence-electron chi connectivity index (χ3n) is 6.54. The first-order valence-electron chi connectivity index (χ1n) is 13.2. The van der Waals surface area contributed by atoms with Crippen molar-refractivity contribution in [2.45, 2.75) is 31.4 Å². The zero-order valence-corrected chi connectivity index (χ0v) is 23.9. The Morgan fingerprint density at radius 2 is 1.90 bits per heavy atom. The number of hydrogen-bond acceptors (Lipinski definition) is 7. The summed E-state index contributed by atoms with van der Waals surface area (Å²) in [5, 5.41) is 18.5. The van der Waals surface area contributed by atoms with Crippen molar-refractivity contribution in [1.82, 2.24) is 16.0 Å². The van der Waals surface area contributed by atoms with Gasteiger partial charge in [0, 0.05) is 30.1 Å². The first-order chi connectivity index (χ1) is 20.3. The number of nitriles is 1. The number of carbonyl (C=O) groups is 2. The first-order valence-corrected chi connectivity index (χ1v) is 13.6. The van der Waals surface area contributed by atoms with Gasteiger partial charge in [0.2, 0.25) is 6.29 Å². The Kier molecular flexibility index (Phi) is 11.8. The van der Waals surface area contributed by atoms with Crippen molar-refractivity contribution >= 4 is 52.0 Å². The van der Waals surface area contributed by atoms with Gasteiger partial charge in [-0.05, 0) is 59.5 Å². The number of nitrogens with zero attached hydrogens (tertiary/aromatic N) is 2. The third-order valence-corrected chi connectivity index (χ3v) is 6.87. The smallest absolute Gasteiger partial charge is 0.284 e. The number of aliphatic imine (C=N–C) groups is 1. The van der Waals surface area contributed by atoms with Gasteiger partial charge in [-0.15, -0.1) is 0 Å². The summed E-state index contributed by atoms with van der Waals surface area (Å²) in [7, 11) is 1.74. The van der Waals surface area contributed by atoms with Crippen molar-refractivity contribution in [3.05, 3.63) is 89.1 Å². The van der Waals surface area contributed by atoms with Crippen LogP contribution in [-0.2, 0) is 21.7 Å². The second-order valence-corrected chi connectivity index (χ2v) is 9.88. The quantitative estimate of drug-likeness (QED) is 0.0874. The van der Waals surface area contributed by atoms with Gasteiger partial charge in [0.25, 0.3) is 12.3 Å². The van der Waals surface area contributed by atoms with Gasteiger partial charge in [-0.1, -0.05) is 60.7 Å². The molecule has 1 fully saturated rings. The highest BCUT2D eigenvalue weighted by Crippen LogP contribution is 2.49. The monoisotopic (exact) mass is 590 g/mol. The second kappa shape index (κ2) is 15.5. The average Bonchev–Trinajstić information content (AvgIpc) is 3.78. The lowest BCUT2D eigenvalue weighted by molar-refractivity contribution is -0.131. The summed E-state index contributed by atoms with van der Waals surface area (Å²) in [5.74, 6) is -0.698. The van der Waals surface area contributed by atoms with Crippen molar-refractivity contribution < 1.29 is 18.4 Å². The van der Waals surface area contributed by atoms with Crippen LogP contribution in [0.5, 0.6) is 0 Å². The summed E-state index contributed by atoms with van der Waals surface area (Å²) in [5.41, 5.74) is 9.30. The van der Waals surface area contributed by atoms with Gasteiger partial charge in [0.15, 0.2) is 0 Å². The molecule has 3 aromatic rings. The molecule has 0 spiro atoms. The van der Waals surface area contributed by atoms with Gasteiger partial charge in [-0.25, -0.2) is 8.78 Å². The number of nitrogens with one attached hydrogen (secondary N) is 3. The Morgan fingerprint density at radius 1 is 1.19 bits per heavy atom. The molecule has 42 heavy (non-hydrogen) atoms. The van der Waals surface area contributed by atoms with E-state index >= 15 is 0 Å². The summed E-state index contributed by atoms with van der Waals surface area (Å²) < 4.78 is 25.2. The number of carbonyl (C=O) groups excluding carboxylic acids is 2. The van der Waals surface area contributed by atoms with Gasteiger partial charge < -0.3 is 21.7 Å². The third kappa shape index (κ3) is 8.49. The fourth-order valence-electron chi connectivity index (χ4n) is 4.39. The van der Waals surface area contributed by atoms with Crippen molar-refractivity contribution in [3.8, 4) is 6.07 Å². The lowest BCUT2D eigenvalue weighted by atomic mass is 9.92. The number of thiocarbonyl (C=S) groups is 1. The number of alkyl halides is 2. The molecule has 5 N–H and O–H groups in total. The number of halogens is 2. The second-order valence-electron chi connectivity index (χ2n) is 9.47. The molecule has 1 saturated carbocycles. The maximum atomic E-state index is 12.6. The zero-order chi connectivity index (χ0) is 30.5. The highest BCUT2D eigenvalue weighted by atomic mass is 32.1. The minimum absolute atomic E-state index is 0.170. The normalized spacial score (nSPS) is 13.6. The molecule has 218 valence electrons. The van der Waals surface area contributed by atoms with Crippen LogP contribution in [0.1, 0.15) is 35.1 Å². The van der Waals surface area contributed by atoms with Crippen LogP contribution in [0.15, 0.2) is 71.9 Å². The van der Waals surface area contributed by atoms with Gasteiger partial charge in [-0.2, -0.15) is 5.26 Å². The molecule has 4 rings (SSSR count). The molecule has 0 bridgehead atoms. The summed E-state index contributed by atoms with van der Waals surface area (Å²) in [6, 6.07) is 21.2. The number of aldehydes is 1. The number of benzene rings is 3. The van der Waals surface area contributed by atoms with Gasteiger partial charge in [0.1, 0.15) is 4.99 Å². The van der Waals surface area contributed by atoms with E-state index in [0.29, 0.717) is 17.1 Å². The van der Waals surface area contributed by atoms with Crippen LogP contribution in [-0.4, -0.2) is 50.0 Å². The van der Waals surface area contributed by atoms with E-state index < -0.39 is 24.4 Å². The first kappa shape index (κ1) is 32.0. The SMILES string of the molecule is CNCC#N.N/C=C(\C=NCC(F)F)c1cc(C2(NC(=S)c3ccccc3CNC(=O)C=O)CC2)c2ccccc2c1.